The maximum atomic E-state index is 8.67. The van der Waals surface area contributed by atoms with Gasteiger partial charge in [-0.1, -0.05) is 31.4 Å². The van der Waals surface area contributed by atoms with Crippen LogP contribution in [0.25, 0.3) is 0 Å². The van der Waals surface area contributed by atoms with Crippen molar-refractivity contribution in [3.63, 3.8) is 0 Å². The molecule has 1 aromatic rings. The van der Waals surface area contributed by atoms with Crippen molar-refractivity contribution in [2.24, 2.45) is 5.92 Å². The van der Waals surface area contributed by atoms with Gasteiger partial charge in [-0.25, -0.2) is 0 Å². The molecule has 0 saturated heterocycles. The van der Waals surface area contributed by atoms with Crippen LogP contribution in [0, 0.1) is 17.2 Å². The lowest BCUT2D eigenvalue weighted by Gasteiger charge is -2.25. The van der Waals surface area contributed by atoms with Crippen LogP contribution in [-0.4, -0.2) is 6.54 Å². The Morgan fingerprint density at radius 3 is 2.56 bits per heavy atom. The molecule has 1 fully saturated rings. The number of hydrogen-bond donors (Lipinski definition) is 1. The lowest BCUT2D eigenvalue weighted by Crippen LogP contribution is -2.21. The predicted octanol–water partition coefficient (Wildman–Crippen LogP) is 2.84. The summed E-state index contributed by atoms with van der Waals surface area (Å²) in [7, 11) is 0. The van der Waals surface area contributed by atoms with Gasteiger partial charge in [-0.2, -0.15) is 5.26 Å². The van der Waals surface area contributed by atoms with E-state index in [0.29, 0.717) is 0 Å². The van der Waals surface area contributed by atoms with Gasteiger partial charge >= 0.3 is 0 Å². The Morgan fingerprint density at radius 2 is 2.00 bits per heavy atom. The van der Waals surface area contributed by atoms with E-state index in [4.69, 9.17) is 5.26 Å². The van der Waals surface area contributed by atoms with Crippen LogP contribution >= 0.6 is 0 Å². The summed E-state index contributed by atoms with van der Waals surface area (Å²) >= 11 is 0. The molecule has 2 rings (SSSR count). The highest BCUT2D eigenvalue weighted by molar-refractivity contribution is 5.31. The number of nitrogens with one attached hydrogen (secondary N) is 1. The molecule has 84 valence electrons. The van der Waals surface area contributed by atoms with Crippen LogP contribution in [0.15, 0.2) is 24.3 Å². The zero-order chi connectivity index (χ0) is 11.2. The third kappa shape index (κ3) is 3.08. The van der Waals surface area contributed by atoms with E-state index in [0.717, 1.165) is 24.6 Å². The SMILES string of the molecule is N#Cc1ccc(CNCCC2CCC2)cc1. The Hall–Kier alpha value is -1.33. The largest absolute Gasteiger partial charge is 0.313 e. The molecule has 1 aliphatic rings. The zero-order valence-electron chi connectivity index (χ0n) is 9.58. The van der Waals surface area contributed by atoms with E-state index in [1.807, 2.05) is 24.3 Å². The normalized spacial score (nSPS) is 15.4. The monoisotopic (exact) mass is 214 g/mol. The first kappa shape index (κ1) is 11.2. The highest BCUT2D eigenvalue weighted by Gasteiger charge is 2.15. The van der Waals surface area contributed by atoms with E-state index in [1.54, 1.807) is 0 Å². The maximum Gasteiger partial charge on any atom is 0.0991 e. The summed E-state index contributed by atoms with van der Waals surface area (Å²) < 4.78 is 0. The Bertz CT molecular complexity index is 357. The minimum Gasteiger partial charge on any atom is -0.313 e. The second kappa shape index (κ2) is 5.67. The smallest absolute Gasteiger partial charge is 0.0991 e. The van der Waals surface area contributed by atoms with Gasteiger partial charge in [0.1, 0.15) is 0 Å². The Kier molecular flexibility index (Phi) is 3.96. The van der Waals surface area contributed by atoms with Gasteiger partial charge in [0.2, 0.25) is 0 Å². The molecule has 16 heavy (non-hydrogen) atoms. The topological polar surface area (TPSA) is 35.8 Å². The molecular formula is C14H18N2. The molecule has 0 heterocycles. The van der Waals surface area contributed by atoms with Gasteiger partial charge in [-0.3, -0.25) is 0 Å². The van der Waals surface area contributed by atoms with Crippen LogP contribution in [0.5, 0.6) is 0 Å². The quantitative estimate of drug-likeness (QED) is 0.765. The van der Waals surface area contributed by atoms with Crippen molar-refractivity contribution in [2.45, 2.75) is 32.2 Å². The van der Waals surface area contributed by atoms with Crippen molar-refractivity contribution in [1.82, 2.24) is 5.32 Å². The van der Waals surface area contributed by atoms with Crippen LogP contribution in [0.2, 0.25) is 0 Å². The summed E-state index contributed by atoms with van der Waals surface area (Å²) in [5.41, 5.74) is 1.99. The number of nitrogens with zero attached hydrogens (tertiary/aromatic N) is 1. The van der Waals surface area contributed by atoms with Gasteiger partial charge in [0.15, 0.2) is 0 Å². The summed E-state index contributed by atoms with van der Waals surface area (Å²) in [6.45, 7) is 2.03. The van der Waals surface area contributed by atoms with Gasteiger partial charge in [0, 0.05) is 6.54 Å². The van der Waals surface area contributed by atoms with Crippen molar-refractivity contribution in [1.29, 1.82) is 5.26 Å². The van der Waals surface area contributed by atoms with Gasteiger partial charge in [0.05, 0.1) is 11.6 Å². The van der Waals surface area contributed by atoms with Crippen molar-refractivity contribution in [2.75, 3.05) is 6.54 Å². The minimum absolute atomic E-state index is 0.734. The fraction of sp³-hybridized carbons (Fsp3) is 0.500. The number of rotatable bonds is 5. The lowest BCUT2D eigenvalue weighted by molar-refractivity contribution is 0.292. The van der Waals surface area contributed by atoms with Crippen LogP contribution in [0.3, 0.4) is 0 Å². The van der Waals surface area contributed by atoms with E-state index in [-0.39, 0.29) is 0 Å². The highest BCUT2D eigenvalue weighted by Crippen LogP contribution is 2.28. The average Bonchev–Trinajstić information content (AvgIpc) is 2.27. The fourth-order valence-corrected chi connectivity index (χ4v) is 2.02. The molecule has 0 bridgehead atoms. The van der Waals surface area contributed by atoms with E-state index < -0.39 is 0 Å². The Morgan fingerprint density at radius 1 is 1.25 bits per heavy atom. The molecule has 0 aromatic heterocycles. The first-order valence-electron chi connectivity index (χ1n) is 6.08. The summed E-state index contributed by atoms with van der Waals surface area (Å²) in [5.74, 6) is 0.980. The molecule has 0 unspecified atom stereocenters. The van der Waals surface area contributed by atoms with Crippen LogP contribution < -0.4 is 5.32 Å². The Balaban J connectivity index is 1.66. The lowest BCUT2D eigenvalue weighted by atomic mass is 9.83. The Labute approximate surface area is 97.3 Å². The molecule has 0 radical (unpaired) electrons. The first-order chi connectivity index (χ1) is 7.88. The van der Waals surface area contributed by atoms with Crippen LogP contribution in [0.4, 0.5) is 0 Å². The third-order valence-corrected chi connectivity index (χ3v) is 3.37. The number of benzene rings is 1. The standard InChI is InChI=1S/C14H18N2/c15-10-13-4-6-14(7-5-13)11-16-9-8-12-2-1-3-12/h4-7,12,16H,1-3,8-9,11H2. The minimum atomic E-state index is 0.734. The summed E-state index contributed by atoms with van der Waals surface area (Å²) in [5, 5.41) is 12.1. The molecule has 1 aliphatic carbocycles. The highest BCUT2D eigenvalue weighted by atomic mass is 14.8. The molecular weight excluding hydrogens is 196 g/mol. The van der Waals surface area contributed by atoms with Crippen molar-refractivity contribution >= 4 is 0 Å². The van der Waals surface area contributed by atoms with Gasteiger partial charge in [0.25, 0.3) is 0 Å². The van der Waals surface area contributed by atoms with E-state index in [1.165, 1.54) is 31.2 Å². The molecule has 1 N–H and O–H groups in total. The molecule has 0 atom stereocenters. The summed E-state index contributed by atoms with van der Waals surface area (Å²) in [4.78, 5) is 0. The summed E-state index contributed by atoms with van der Waals surface area (Å²) in [6, 6.07) is 9.93. The van der Waals surface area contributed by atoms with Crippen molar-refractivity contribution in [3.05, 3.63) is 35.4 Å². The molecule has 2 nitrogen and oxygen atoms in total. The van der Waals surface area contributed by atoms with E-state index in [9.17, 15) is 0 Å². The van der Waals surface area contributed by atoms with Gasteiger partial charge in [-0.05, 0) is 36.6 Å². The fourth-order valence-electron chi connectivity index (χ4n) is 2.02. The van der Waals surface area contributed by atoms with Gasteiger partial charge in [-0.15, -0.1) is 0 Å². The maximum absolute atomic E-state index is 8.67. The van der Waals surface area contributed by atoms with Crippen LogP contribution in [-0.2, 0) is 6.54 Å². The average molecular weight is 214 g/mol. The predicted molar refractivity (Wildman–Crippen MR) is 64.8 cm³/mol. The van der Waals surface area contributed by atoms with Crippen LogP contribution in [0.1, 0.15) is 36.8 Å². The van der Waals surface area contributed by atoms with Gasteiger partial charge < -0.3 is 5.32 Å². The van der Waals surface area contributed by atoms with Crippen molar-refractivity contribution < 1.29 is 0 Å². The molecule has 0 spiro atoms. The molecule has 0 aliphatic heterocycles. The van der Waals surface area contributed by atoms with E-state index >= 15 is 0 Å². The van der Waals surface area contributed by atoms with Crippen molar-refractivity contribution in [3.8, 4) is 6.07 Å². The third-order valence-electron chi connectivity index (χ3n) is 3.37. The second-order valence-corrected chi connectivity index (χ2v) is 4.57. The molecule has 1 saturated carbocycles. The first-order valence-corrected chi connectivity index (χ1v) is 6.08. The molecule has 0 amide bonds. The molecule has 2 heteroatoms. The number of nitriles is 1. The zero-order valence-corrected chi connectivity index (χ0v) is 9.58. The number of hydrogen-bond acceptors (Lipinski definition) is 2. The van der Waals surface area contributed by atoms with E-state index in [2.05, 4.69) is 11.4 Å². The summed E-state index contributed by atoms with van der Waals surface area (Å²) in [6.07, 6.45) is 5.60. The molecule has 1 aromatic carbocycles. The second-order valence-electron chi connectivity index (χ2n) is 4.57.